The summed E-state index contributed by atoms with van der Waals surface area (Å²) in [5, 5.41) is 0. The van der Waals surface area contributed by atoms with E-state index < -0.39 is 0 Å². The maximum absolute atomic E-state index is 2.66. The second-order valence-corrected chi connectivity index (χ2v) is 13.6. The number of fused-ring (bicyclic) bond motifs is 1. The van der Waals surface area contributed by atoms with Crippen molar-refractivity contribution in [2.45, 2.75) is 80.5 Å². The molecule has 0 nitrogen and oxygen atoms in total. The molecular formula is C32H36. The van der Waals surface area contributed by atoms with E-state index in [9.17, 15) is 0 Å². The predicted molar refractivity (Wildman–Crippen MR) is 129 cm³/mol. The zero-order valence-corrected chi connectivity index (χ0v) is 19.3. The van der Waals surface area contributed by atoms with Crippen molar-refractivity contribution < 1.29 is 0 Å². The Balaban J connectivity index is 1.39. The van der Waals surface area contributed by atoms with Crippen molar-refractivity contribution in [3.05, 3.63) is 71.3 Å². The van der Waals surface area contributed by atoms with Gasteiger partial charge in [-0.05, 0) is 122 Å². The summed E-state index contributed by atoms with van der Waals surface area (Å²) >= 11 is 0. The number of rotatable bonds is 1. The zero-order chi connectivity index (χ0) is 20.7. The molecule has 0 heterocycles. The van der Waals surface area contributed by atoms with Crippen molar-refractivity contribution in [3.63, 3.8) is 0 Å². The van der Waals surface area contributed by atoms with Gasteiger partial charge in [0.2, 0.25) is 0 Å². The molecule has 32 heavy (non-hydrogen) atoms. The lowest BCUT2D eigenvalue weighted by molar-refractivity contribution is -0.170. The van der Waals surface area contributed by atoms with Crippen LogP contribution in [0.3, 0.4) is 0 Å². The second-order valence-electron chi connectivity index (χ2n) is 13.6. The van der Waals surface area contributed by atoms with E-state index >= 15 is 0 Å². The molecule has 0 aliphatic heterocycles. The standard InChI is InChI=1S/C32H36/c1-2-6-25(7-3-1)31-18-22-11-23(19-31)15-26(14-22)32(31)28-9-5-4-8-27(28)30-16-20-10-21(17-30)13-24(12-20)29(30)32/h1-9,20-24,26,29H,10-19H2/t20-,21+,22-,23+,24?,26?,29-,30?,31?,32+/m1/s1. The summed E-state index contributed by atoms with van der Waals surface area (Å²) in [6, 6.07) is 22.2. The molecule has 0 aromatic heterocycles. The molecule has 0 radical (unpaired) electrons. The Labute approximate surface area is 193 Å². The van der Waals surface area contributed by atoms with Crippen LogP contribution in [0.25, 0.3) is 0 Å². The average molecular weight is 421 g/mol. The first-order valence-corrected chi connectivity index (χ1v) is 13.9. The summed E-state index contributed by atoms with van der Waals surface area (Å²) in [6.45, 7) is 0. The van der Waals surface area contributed by atoms with Crippen molar-refractivity contribution in [1.82, 2.24) is 0 Å². The van der Waals surface area contributed by atoms with Crippen LogP contribution in [0.5, 0.6) is 0 Å². The Hall–Kier alpha value is -1.56. The summed E-state index contributed by atoms with van der Waals surface area (Å²) in [4.78, 5) is 0. The lowest BCUT2D eigenvalue weighted by atomic mass is 9.30. The SMILES string of the molecule is c1ccc(C23C[C@@H]4CC(C[C@@H](C4)C2)[C@@]32c3ccccc3C34C[C@@H]5CC(C[C@@H](C5)C3)[C@H]42)cc1. The van der Waals surface area contributed by atoms with Crippen molar-refractivity contribution in [1.29, 1.82) is 0 Å². The fraction of sp³-hybridized carbons (Fsp3) is 0.625. The lowest BCUT2D eigenvalue weighted by Crippen LogP contribution is -2.70. The van der Waals surface area contributed by atoms with Crippen LogP contribution in [-0.4, -0.2) is 0 Å². The molecule has 4 unspecified atom stereocenters. The Kier molecular flexibility index (Phi) is 3.10. The summed E-state index contributed by atoms with van der Waals surface area (Å²) in [7, 11) is 0. The third kappa shape index (κ3) is 1.76. The van der Waals surface area contributed by atoms with E-state index in [4.69, 9.17) is 0 Å². The van der Waals surface area contributed by atoms with Gasteiger partial charge in [0.15, 0.2) is 0 Å². The van der Waals surface area contributed by atoms with Gasteiger partial charge in [0.25, 0.3) is 0 Å². The number of benzene rings is 2. The van der Waals surface area contributed by atoms with Gasteiger partial charge in [0, 0.05) is 16.2 Å². The predicted octanol–water partition coefficient (Wildman–Crippen LogP) is 7.41. The third-order valence-electron chi connectivity index (χ3n) is 12.6. The van der Waals surface area contributed by atoms with E-state index in [0.29, 0.717) is 16.2 Å². The first-order chi connectivity index (χ1) is 15.7. The minimum Gasteiger partial charge on any atom is -0.0622 e. The maximum Gasteiger partial charge on any atom is 0.0121 e. The minimum absolute atomic E-state index is 0.392. The van der Waals surface area contributed by atoms with Gasteiger partial charge in [0.1, 0.15) is 0 Å². The molecule has 8 bridgehead atoms. The first-order valence-electron chi connectivity index (χ1n) is 13.9. The monoisotopic (exact) mass is 420 g/mol. The van der Waals surface area contributed by atoms with Crippen molar-refractivity contribution in [2.24, 2.45) is 41.4 Å². The molecule has 10 atom stereocenters. The summed E-state index contributed by atoms with van der Waals surface area (Å²) < 4.78 is 0. The van der Waals surface area contributed by atoms with Crippen LogP contribution < -0.4 is 0 Å². The van der Waals surface area contributed by atoms with E-state index in [0.717, 1.165) is 41.4 Å². The zero-order valence-electron chi connectivity index (χ0n) is 19.3. The quantitative estimate of drug-likeness (QED) is 0.450. The molecule has 0 heteroatoms. The highest BCUT2D eigenvalue weighted by molar-refractivity contribution is 5.57. The highest BCUT2D eigenvalue weighted by Crippen LogP contribution is 2.81. The molecule has 0 saturated heterocycles. The topological polar surface area (TPSA) is 0 Å². The van der Waals surface area contributed by atoms with Crippen molar-refractivity contribution in [3.8, 4) is 0 Å². The van der Waals surface area contributed by atoms with Gasteiger partial charge in [-0.3, -0.25) is 0 Å². The molecule has 0 N–H and O–H groups in total. The Morgan fingerprint density at radius 1 is 0.562 bits per heavy atom. The molecular weight excluding hydrogens is 384 g/mol. The molecule has 164 valence electrons. The van der Waals surface area contributed by atoms with Crippen molar-refractivity contribution >= 4 is 0 Å². The van der Waals surface area contributed by atoms with Gasteiger partial charge < -0.3 is 0 Å². The molecule has 2 aromatic rings. The molecule has 9 aliphatic carbocycles. The van der Waals surface area contributed by atoms with Gasteiger partial charge >= 0.3 is 0 Å². The Morgan fingerprint density at radius 3 is 1.84 bits per heavy atom. The van der Waals surface area contributed by atoms with Gasteiger partial charge in [-0.15, -0.1) is 0 Å². The van der Waals surface area contributed by atoms with Crippen LogP contribution in [0.15, 0.2) is 54.6 Å². The maximum atomic E-state index is 2.66. The second kappa shape index (κ2) is 5.56. The normalized spacial score (nSPS) is 53.1. The van der Waals surface area contributed by atoms with Gasteiger partial charge in [0.05, 0.1) is 0 Å². The van der Waals surface area contributed by atoms with Crippen LogP contribution in [0.2, 0.25) is 0 Å². The highest BCUT2D eigenvalue weighted by Gasteiger charge is 2.78. The van der Waals surface area contributed by atoms with Crippen LogP contribution in [0.1, 0.15) is 80.9 Å². The molecule has 2 aromatic carbocycles. The Bertz CT molecular complexity index is 1080. The number of hydrogen-bond donors (Lipinski definition) is 0. The van der Waals surface area contributed by atoms with Crippen LogP contribution in [-0.2, 0) is 16.2 Å². The van der Waals surface area contributed by atoms with Gasteiger partial charge in [-0.25, -0.2) is 0 Å². The lowest BCUT2D eigenvalue weighted by Gasteiger charge is -2.73. The first kappa shape index (κ1) is 17.9. The molecule has 2 spiro atoms. The van der Waals surface area contributed by atoms with E-state index in [1.165, 1.54) is 44.9 Å². The smallest absolute Gasteiger partial charge is 0.0121 e. The molecule has 8 saturated carbocycles. The number of hydrogen-bond acceptors (Lipinski definition) is 0. The molecule has 11 rings (SSSR count). The van der Waals surface area contributed by atoms with Crippen LogP contribution >= 0.6 is 0 Å². The summed E-state index contributed by atoms with van der Waals surface area (Å²) in [5.41, 5.74) is 6.76. The summed E-state index contributed by atoms with van der Waals surface area (Å²) in [6.07, 6.45) is 15.3. The Morgan fingerprint density at radius 2 is 1.16 bits per heavy atom. The molecule has 0 amide bonds. The fourth-order valence-electron chi connectivity index (χ4n) is 13.0. The van der Waals surface area contributed by atoms with Crippen molar-refractivity contribution in [2.75, 3.05) is 0 Å². The highest BCUT2D eigenvalue weighted by atomic mass is 14.8. The third-order valence-corrected chi connectivity index (χ3v) is 12.6. The van der Waals surface area contributed by atoms with Crippen LogP contribution in [0.4, 0.5) is 0 Å². The average Bonchev–Trinajstić information content (AvgIpc) is 3.05. The van der Waals surface area contributed by atoms with Gasteiger partial charge in [-0.1, -0.05) is 54.6 Å². The molecule has 9 aliphatic rings. The van der Waals surface area contributed by atoms with Gasteiger partial charge in [-0.2, -0.15) is 0 Å². The summed E-state index contributed by atoms with van der Waals surface area (Å²) in [5.74, 6) is 6.86. The molecule has 8 fully saturated rings. The van der Waals surface area contributed by atoms with E-state index in [1.807, 2.05) is 11.1 Å². The van der Waals surface area contributed by atoms with E-state index in [1.54, 1.807) is 24.8 Å². The van der Waals surface area contributed by atoms with E-state index in [-0.39, 0.29) is 0 Å². The van der Waals surface area contributed by atoms with Crippen LogP contribution in [0, 0.1) is 41.4 Å². The fourth-order valence-corrected chi connectivity index (χ4v) is 13.0. The van der Waals surface area contributed by atoms with E-state index in [2.05, 4.69) is 54.6 Å². The minimum atomic E-state index is 0.392. The largest absolute Gasteiger partial charge is 0.0622 e.